The molecule has 5 nitrogen and oxygen atoms in total. The molecule has 1 amide bonds. The number of anilines is 1. The van der Waals surface area contributed by atoms with Crippen LogP contribution in [0.15, 0.2) is 18.2 Å². The maximum Gasteiger partial charge on any atom is 0.224 e. The van der Waals surface area contributed by atoms with Gasteiger partial charge in [0, 0.05) is 19.2 Å². The molecule has 0 spiro atoms. The van der Waals surface area contributed by atoms with Gasteiger partial charge in [-0.1, -0.05) is 26.8 Å². The monoisotopic (exact) mass is 329 g/mol. The van der Waals surface area contributed by atoms with Crippen molar-refractivity contribution in [2.75, 3.05) is 5.32 Å². The van der Waals surface area contributed by atoms with Crippen molar-refractivity contribution in [3.05, 3.63) is 40.7 Å². The number of nitrogens with zero attached hydrogens (tertiary/aromatic N) is 2. The fourth-order valence-electron chi connectivity index (χ4n) is 2.73. The second kappa shape index (κ2) is 6.67. The predicted octanol–water partition coefficient (Wildman–Crippen LogP) is 3.61. The molecular formula is C19H27N3O2. The third-order valence-electron chi connectivity index (χ3n) is 4.40. The quantitative estimate of drug-likeness (QED) is 0.842. The van der Waals surface area contributed by atoms with Crippen LogP contribution >= 0.6 is 0 Å². The van der Waals surface area contributed by atoms with Crippen molar-refractivity contribution in [1.82, 2.24) is 9.78 Å². The highest BCUT2D eigenvalue weighted by atomic mass is 16.3. The van der Waals surface area contributed by atoms with Crippen LogP contribution in [0.2, 0.25) is 0 Å². The van der Waals surface area contributed by atoms with Gasteiger partial charge in [0.05, 0.1) is 11.4 Å². The number of benzene rings is 1. The van der Waals surface area contributed by atoms with Crippen molar-refractivity contribution >= 4 is 11.6 Å². The number of aryl methyl sites for hydroxylation is 2. The Hall–Kier alpha value is -2.30. The number of amides is 1. The number of hydrogen-bond acceptors (Lipinski definition) is 3. The van der Waals surface area contributed by atoms with Gasteiger partial charge in [0.2, 0.25) is 5.91 Å². The average molecular weight is 329 g/mol. The van der Waals surface area contributed by atoms with E-state index in [1.165, 1.54) is 0 Å². The Morgan fingerprint density at radius 3 is 2.50 bits per heavy atom. The summed E-state index contributed by atoms with van der Waals surface area (Å²) in [5.74, 6) is -0.0240. The first kappa shape index (κ1) is 18.0. The van der Waals surface area contributed by atoms with Crippen LogP contribution < -0.4 is 5.32 Å². The summed E-state index contributed by atoms with van der Waals surface area (Å²) in [6.45, 7) is 10.3. The molecule has 2 rings (SSSR count). The van der Waals surface area contributed by atoms with Gasteiger partial charge in [-0.3, -0.25) is 9.48 Å². The van der Waals surface area contributed by atoms with Gasteiger partial charge in [-0.05, 0) is 48.9 Å². The zero-order valence-electron chi connectivity index (χ0n) is 15.4. The maximum absolute atomic E-state index is 12.3. The Bertz CT molecular complexity index is 755. The number of nitrogens with one attached hydrogen (secondary N) is 1. The summed E-state index contributed by atoms with van der Waals surface area (Å²) < 4.78 is 1.83. The van der Waals surface area contributed by atoms with Gasteiger partial charge in [-0.25, -0.2) is 0 Å². The number of aromatic nitrogens is 2. The summed E-state index contributed by atoms with van der Waals surface area (Å²) in [5, 5.41) is 17.2. The number of rotatable bonds is 4. The number of phenols is 1. The second-order valence-corrected chi connectivity index (χ2v) is 7.30. The van der Waals surface area contributed by atoms with Crippen molar-refractivity contribution in [2.24, 2.45) is 7.05 Å². The molecule has 0 aliphatic carbocycles. The van der Waals surface area contributed by atoms with Crippen molar-refractivity contribution in [3.8, 4) is 5.75 Å². The first-order valence-electron chi connectivity index (χ1n) is 8.22. The van der Waals surface area contributed by atoms with E-state index in [4.69, 9.17) is 0 Å². The maximum atomic E-state index is 12.3. The van der Waals surface area contributed by atoms with Crippen LogP contribution in [0, 0.1) is 13.8 Å². The van der Waals surface area contributed by atoms with E-state index in [0.717, 1.165) is 22.5 Å². The van der Waals surface area contributed by atoms with Gasteiger partial charge in [-0.2, -0.15) is 5.10 Å². The van der Waals surface area contributed by atoms with E-state index in [0.29, 0.717) is 18.5 Å². The standard InChI is InChI=1S/C19H27N3O2/c1-12-15(13(2)22(6)21-12)8-10-18(24)20-16-11-14(19(3,4)5)7-9-17(16)23/h7,9,11,23H,8,10H2,1-6H3,(H,20,24). The average Bonchev–Trinajstić information content (AvgIpc) is 2.71. The van der Waals surface area contributed by atoms with Crippen molar-refractivity contribution in [2.45, 2.75) is 52.9 Å². The summed E-state index contributed by atoms with van der Waals surface area (Å²) in [6, 6.07) is 5.35. The largest absolute Gasteiger partial charge is 0.506 e. The van der Waals surface area contributed by atoms with Gasteiger partial charge in [0.25, 0.3) is 0 Å². The summed E-state index contributed by atoms with van der Waals surface area (Å²) in [4.78, 5) is 12.3. The Kier molecular flexibility index (Phi) is 5.02. The van der Waals surface area contributed by atoms with Crippen LogP contribution in [0.5, 0.6) is 5.75 Å². The topological polar surface area (TPSA) is 67.2 Å². The smallest absolute Gasteiger partial charge is 0.224 e. The molecule has 1 aromatic carbocycles. The molecule has 130 valence electrons. The highest BCUT2D eigenvalue weighted by Gasteiger charge is 2.17. The zero-order chi connectivity index (χ0) is 18.1. The van der Waals surface area contributed by atoms with E-state index in [-0.39, 0.29) is 17.1 Å². The Labute approximate surface area is 143 Å². The molecule has 0 bridgehead atoms. The lowest BCUT2D eigenvalue weighted by atomic mass is 9.87. The molecule has 0 aliphatic rings. The molecule has 0 saturated carbocycles. The molecule has 5 heteroatoms. The SMILES string of the molecule is Cc1nn(C)c(C)c1CCC(=O)Nc1cc(C(C)(C)C)ccc1O. The minimum absolute atomic E-state index is 0.0445. The molecule has 2 aromatic rings. The third-order valence-corrected chi connectivity index (χ3v) is 4.40. The Morgan fingerprint density at radius 1 is 1.29 bits per heavy atom. The second-order valence-electron chi connectivity index (χ2n) is 7.30. The molecular weight excluding hydrogens is 302 g/mol. The Balaban J connectivity index is 2.07. The van der Waals surface area contributed by atoms with E-state index < -0.39 is 0 Å². The van der Waals surface area contributed by atoms with Crippen LogP contribution in [-0.4, -0.2) is 20.8 Å². The third kappa shape index (κ3) is 3.96. The minimum Gasteiger partial charge on any atom is -0.506 e. The van der Waals surface area contributed by atoms with E-state index >= 15 is 0 Å². The molecule has 0 saturated heterocycles. The minimum atomic E-state index is -0.112. The number of carbonyl (C=O) groups is 1. The normalized spacial score (nSPS) is 11.6. The highest BCUT2D eigenvalue weighted by Crippen LogP contribution is 2.30. The molecule has 24 heavy (non-hydrogen) atoms. The molecule has 0 fully saturated rings. The molecule has 0 radical (unpaired) electrons. The van der Waals surface area contributed by atoms with Gasteiger partial charge >= 0.3 is 0 Å². The molecule has 1 aromatic heterocycles. The number of carbonyl (C=O) groups excluding carboxylic acids is 1. The highest BCUT2D eigenvalue weighted by molar-refractivity contribution is 5.92. The van der Waals surface area contributed by atoms with Crippen molar-refractivity contribution in [3.63, 3.8) is 0 Å². The number of aromatic hydroxyl groups is 1. The molecule has 1 heterocycles. The summed E-state index contributed by atoms with van der Waals surface area (Å²) in [7, 11) is 1.90. The predicted molar refractivity (Wildman–Crippen MR) is 96.4 cm³/mol. The lowest BCUT2D eigenvalue weighted by Crippen LogP contribution is -2.15. The molecule has 0 unspecified atom stereocenters. The van der Waals surface area contributed by atoms with Gasteiger partial charge in [-0.15, -0.1) is 0 Å². The van der Waals surface area contributed by atoms with Crippen LogP contribution in [0.4, 0.5) is 5.69 Å². The number of phenolic OH excluding ortho intramolecular Hbond substituents is 1. The van der Waals surface area contributed by atoms with Crippen LogP contribution in [0.25, 0.3) is 0 Å². The van der Waals surface area contributed by atoms with Crippen LogP contribution in [-0.2, 0) is 23.7 Å². The number of hydrogen-bond donors (Lipinski definition) is 2. The van der Waals surface area contributed by atoms with Crippen LogP contribution in [0.3, 0.4) is 0 Å². The van der Waals surface area contributed by atoms with Gasteiger partial charge < -0.3 is 10.4 Å². The van der Waals surface area contributed by atoms with E-state index in [1.54, 1.807) is 6.07 Å². The van der Waals surface area contributed by atoms with E-state index in [2.05, 4.69) is 31.2 Å². The summed E-state index contributed by atoms with van der Waals surface area (Å²) in [5.41, 5.74) is 4.64. The van der Waals surface area contributed by atoms with E-state index in [1.807, 2.05) is 37.7 Å². The Morgan fingerprint density at radius 2 is 1.96 bits per heavy atom. The van der Waals surface area contributed by atoms with Gasteiger partial charge in [0.1, 0.15) is 5.75 Å². The lowest BCUT2D eigenvalue weighted by Gasteiger charge is -2.20. The summed E-state index contributed by atoms with van der Waals surface area (Å²) >= 11 is 0. The van der Waals surface area contributed by atoms with E-state index in [9.17, 15) is 9.90 Å². The molecule has 0 aliphatic heterocycles. The fourth-order valence-corrected chi connectivity index (χ4v) is 2.73. The zero-order valence-corrected chi connectivity index (χ0v) is 15.4. The summed E-state index contributed by atoms with van der Waals surface area (Å²) in [6.07, 6.45) is 0.990. The van der Waals surface area contributed by atoms with Gasteiger partial charge in [0.15, 0.2) is 0 Å². The first-order chi connectivity index (χ1) is 11.1. The lowest BCUT2D eigenvalue weighted by molar-refractivity contribution is -0.116. The fraction of sp³-hybridized carbons (Fsp3) is 0.474. The molecule has 2 N–H and O–H groups in total. The van der Waals surface area contributed by atoms with Crippen LogP contribution in [0.1, 0.15) is 49.7 Å². The van der Waals surface area contributed by atoms with Crippen molar-refractivity contribution < 1.29 is 9.90 Å². The van der Waals surface area contributed by atoms with Crippen molar-refractivity contribution in [1.29, 1.82) is 0 Å². The molecule has 0 atom stereocenters. The first-order valence-corrected chi connectivity index (χ1v) is 8.22.